The molecule has 0 amide bonds. The van der Waals surface area contributed by atoms with Crippen molar-refractivity contribution in [1.29, 1.82) is 0 Å². The summed E-state index contributed by atoms with van der Waals surface area (Å²) in [7, 11) is 0. The van der Waals surface area contributed by atoms with E-state index in [4.69, 9.17) is 0 Å². The van der Waals surface area contributed by atoms with Crippen LogP contribution in [0.2, 0.25) is 0 Å². The molecule has 0 aliphatic rings. The molecule has 0 aliphatic carbocycles. The maximum Gasteiger partial charge on any atom is 0.139 e. The molecule has 1 atom stereocenters. The van der Waals surface area contributed by atoms with Crippen molar-refractivity contribution in [2.45, 2.75) is 12.5 Å². The summed E-state index contributed by atoms with van der Waals surface area (Å²) >= 11 is 6.65. The standard InChI is InChI=1S/C16H13BrFNS2/c17-13-6-5-11(9-14(13)18)19-15(16-4-2-8-21-16)10-12-3-1-7-20-12/h1-9,15,19H,10H2. The molecule has 0 radical (unpaired) electrons. The van der Waals surface area contributed by atoms with Crippen molar-refractivity contribution in [2.24, 2.45) is 0 Å². The fourth-order valence-electron chi connectivity index (χ4n) is 2.13. The summed E-state index contributed by atoms with van der Waals surface area (Å²) in [5, 5.41) is 7.60. The lowest BCUT2D eigenvalue weighted by molar-refractivity contribution is 0.621. The lowest BCUT2D eigenvalue weighted by atomic mass is 10.1. The van der Waals surface area contributed by atoms with E-state index in [2.05, 4.69) is 50.2 Å². The highest BCUT2D eigenvalue weighted by molar-refractivity contribution is 9.10. The number of halogens is 2. The van der Waals surface area contributed by atoms with E-state index >= 15 is 0 Å². The summed E-state index contributed by atoms with van der Waals surface area (Å²) in [4.78, 5) is 2.57. The van der Waals surface area contributed by atoms with Crippen LogP contribution in [0.4, 0.5) is 10.1 Å². The maximum absolute atomic E-state index is 13.7. The lowest BCUT2D eigenvalue weighted by Gasteiger charge is -2.18. The number of thiophene rings is 2. The second-order valence-corrected chi connectivity index (χ2v) is 7.49. The highest BCUT2D eigenvalue weighted by Crippen LogP contribution is 2.29. The third-order valence-corrected chi connectivity index (χ3v) is 5.66. The van der Waals surface area contributed by atoms with Crippen molar-refractivity contribution in [3.8, 4) is 0 Å². The van der Waals surface area contributed by atoms with Crippen molar-refractivity contribution < 1.29 is 4.39 Å². The molecule has 0 bridgehead atoms. The highest BCUT2D eigenvalue weighted by Gasteiger charge is 2.14. The van der Waals surface area contributed by atoms with Gasteiger partial charge in [-0.3, -0.25) is 0 Å². The minimum atomic E-state index is -0.249. The average Bonchev–Trinajstić information content (AvgIpc) is 3.15. The Bertz CT molecular complexity index is 695. The molecule has 1 unspecified atom stereocenters. The number of hydrogen-bond donors (Lipinski definition) is 1. The molecule has 1 N–H and O–H groups in total. The van der Waals surface area contributed by atoms with Crippen molar-refractivity contribution in [1.82, 2.24) is 0 Å². The van der Waals surface area contributed by atoms with Gasteiger partial charge in [0, 0.05) is 21.9 Å². The van der Waals surface area contributed by atoms with Crippen LogP contribution in [-0.2, 0) is 6.42 Å². The van der Waals surface area contributed by atoms with Gasteiger partial charge in [-0.25, -0.2) is 4.39 Å². The fraction of sp³-hybridized carbons (Fsp3) is 0.125. The van der Waals surface area contributed by atoms with E-state index in [-0.39, 0.29) is 11.9 Å². The number of nitrogens with one attached hydrogen (secondary N) is 1. The van der Waals surface area contributed by atoms with Crippen LogP contribution in [0.1, 0.15) is 15.8 Å². The van der Waals surface area contributed by atoms with Crippen LogP contribution in [0.15, 0.2) is 57.7 Å². The first kappa shape index (κ1) is 14.8. The van der Waals surface area contributed by atoms with E-state index in [0.29, 0.717) is 4.47 Å². The topological polar surface area (TPSA) is 12.0 Å². The molecule has 21 heavy (non-hydrogen) atoms. The molecule has 0 saturated heterocycles. The zero-order valence-corrected chi connectivity index (χ0v) is 14.3. The molecule has 2 aromatic heterocycles. The van der Waals surface area contributed by atoms with Crippen molar-refractivity contribution in [3.63, 3.8) is 0 Å². The Balaban J connectivity index is 1.83. The number of hydrogen-bond acceptors (Lipinski definition) is 3. The van der Waals surface area contributed by atoms with Crippen LogP contribution in [0, 0.1) is 5.82 Å². The Morgan fingerprint density at radius 2 is 1.90 bits per heavy atom. The smallest absolute Gasteiger partial charge is 0.139 e. The summed E-state index contributed by atoms with van der Waals surface area (Å²) in [5.74, 6) is -0.249. The quantitative estimate of drug-likeness (QED) is 0.562. The molecule has 0 fully saturated rings. The van der Waals surface area contributed by atoms with Crippen LogP contribution in [0.25, 0.3) is 0 Å². The molecular weight excluding hydrogens is 369 g/mol. The second-order valence-electron chi connectivity index (χ2n) is 4.62. The zero-order valence-electron chi connectivity index (χ0n) is 11.1. The number of anilines is 1. The van der Waals surface area contributed by atoms with Crippen LogP contribution >= 0.6 is 38.6 Å². The molecule has 1 nitrogen and oxygen atoms in total. The molecule has 3 rings (SSSR count). The van der Waals surface area contributed by atoms with Crippen molar-refractivity contribution >= 4 is 44.3 Å². The monoisotopic (exact) mass is 381 g/mol. The Morgan fingerprint density at radius 3 is 2.57 bits per heavy atom. The van der Waals surface area contributed by atoms with E-state index in [0.717, 1.165) is 12.1 Å². The van der Waals surface area contributed by atoms with Gasteiger partial charge in [0.05, 0.1) is 10.5 Å². The summed E-state index contributed by atoms with van der Waals surface area (Å²) in [6.45, 7) is 0. The van der Waals surface area contributed by atoms with E-state index in [1.807, 2.05) is 12.1 Å². The van der Waals surface area contributed by atoms with Gasteiger partial charge in [-0.1, -0.05) is 12.1 Å². The summed E-state index contributed by atoms with van der Waals surface area (Å²) in [5.41, 5.74) is 0.797. The molecule has 0 aliphatic heterocycles. The molecule has 3 aromatic rings. The number of benzene rings is 1. The first-order valence-electron chi connectivity index (χ1n) is 6.50. The minimum Gasteiger partial charge on any atom is -0.377 e. The molecule has 108 valence electrons. The second kappa shape index (κ2) is 6.73. The minimum absolute atomic E-state index is 0.157. The molecule has 5 heteroatoms. The zero-order chi connectivity index (χ0) is 14.7. The molecule has 0 saturated carbocycles. The third kappa shape index (κ3) is 3.73. The van der Waals surface area contributed by atoms with Crippen molar-refractivity contribution in [3.05, 3.63) is 73.3 Å². The van der Waals surface area contributed by atoms with Crippen molar-refractivity contribution in [2.75, 3.05) is 5.32 Å². The first-order valence-corrected chi connectivity index (χ1v) is 9.05. The molecule has 1 aromatic carbocycles. The first-order chi connectivity index (χ1) is 10.2. The van der Waals surface area contributed by atoms with Gasteiger partial charge >= 0.3 is 0 Å². The lowest BCUT2D eigenvalue weighted by Crippen LogP contribution is -2.12. The van der Waals surface area contributed by atoms with Gasteiger partial charge < -0.3 is 5.32 Å². The summed E-state index contributed by atoms with van der Waals surface area (Å²) < 4.78 is 14.2. The van der Waals surface area contributed by atoms with Gasteiger partial charge in [0.2, 0.25) is 0 Å². The Labute approximate surface area is 139 Å². The van der Waals surface area contributed by atoms with Gasteiger partial charge in [0.1, 0.15) is 5.82 Å². The van der Waals surface area contributed by atoms with Gasteiger partial charge in [-0.05, 0) is 57.0 Å². The van der Waals surface area contributed by atoms with E-state index in [9.17, 15) is 4.39 Å². The Morgan fingerprint density at radius 1 is 1.10 bits per heavy atom. The van der Waals surface area contributed by atoms with Crippen LogP contribution in [-0.4, -0.2) is 0 Å². The third-order valence-electron chi connectivity index (χ3n) is 3.13. The maximum atomic E-state index is 13.7. The van der Waals surface area contributed by atoms with Gasteiger partial charge in [-0.15, -0.1) is 22.7 Å². The van der Waals surface area contributed by atoms with Crippen LogP contribution in [0.5, 0.6) is 0 Å². The summed E-state index contributed by atoms with van der Waals surface area (Å²) in [6, 6.07) is 13.7. The fourth-order valence-corrected chi connectivity index (χ4v) is 3.91. The van der Waals surface area contributed by atoms with Gasteiger partial charge in [-0.2, -0.15) is 0 Å². The van der Waals surface area contributed by atoms with E-state index in [1.165, 1.54) is 15.8 Å². The largest absolute Gasteiger partial charge is 0.377 e. The molecular formula is C16H13BrFNS2. The van der Waals surface area contributed by atoms with Crippen LogP contribution < -0.4 is 5.32 Å². The Kier molecular flexibility index (Phi) is 4.73. The predicted molar refractivity (Wildman–Crippen MR) is 92.8 cm³/mol. The molecule has 2 heterocycles. The van der Waals surface area contributed by atoms with E-state index < -0.39 is 0 Å². The summed E-state index contributed by atoms with van der Waals surface area (Å²) in [6.07, 6.45) is 0.899. The normalized spacial score (nSPS) is 12.3. The van der Waals surface area contributed by atoms with Crippen LogP contribution in [0.3, 0.4) is 0 Å². The highest BCUT2D eigenvalue weighted by atomic mass is 79.9. The molecule has 0 spiro atoms. The van der Waals surface area contributed by atoms with Gasteiger partial charge in [0.25, 0.3) is 0 Å². The average molecular weight is 382 g/mol. The SMILES string of the molecule is Fc1cc(NC(Cc2cccs2)c2cccs2)ccc1Br. The predicted octanol–water partition coefficient (Wildman–Crippen LogP) is 6.11. The van der Waals surface area contributed by atoms with E-state index in [1.54, 1.807) is 28.7 Å². The van der Waals surface area contributed by atoms with Gasteiger partial charge in [0.15, 0.2) is 0 Å². The Hall–Kier alpha value is -1.17. The number of rotatable bonds is 5.